The highest BCUT2D eigenvalue weighted by molar-refractivity contribution is 6.18. The lowest BCUT2D eigenvalue weighted by molar-refractivity contribution is 0.183. The van der Waals surface area contributed by atoms with E-state index in [1.165, 1.54) is 77.0 Å². The van der Waals surface area contributed by atoms with Gasteiger partial charge in [-0.25, -0.2) is 0 Å². The normalized spacial score (nSPS) is 12.8. The van der Waals surface area contributed by atoms with E-state index in [1.54, 1.807) is 0 Å². The predicted molar refractivity (Wildman–Crippen MR) is 87.0 cm³/mol. The molecule has 0 saturated carbocycles. The molecule has 0 fully saturated rings. The molecule has 0 heterocycles. The Morgan fingerprint density at radius 2 is 1.05 bits per heavy atom. The first kappa shape index (κ1) is 19.2. The molecule has 1 nitrogen and oxygen atoms in total. The van der Waals surface area contributed by atoms with Crippen LogP contribution in [0.5, 0.6) is 0 Å². The fourth-order valence-corrected chi connectivity index (χ4v) is 2.63. The van der Waals surface area contributed by atoms with Gasteiger partial charge in [-0.15, -0.1) is 11.6 Å². The largest absolute Gasteiger partial charge is 0.392 e. The molecule has 1 unspecified atom stereocenters. The number of hydrogen-bond donors (Lipinski definition) is 1. The first-order valence-electron chi connectivity index (χ1n) is 8.55. The van der Waals surface area contributed by atoms with Gasteiger partial charge in [0, 0.05) is 5.88 Å². The maximum atomic E-state index is 9.30. The molecule has 0 bridgehead atoms. The van der Waals surface area contributed by atoms with Crippen molar-refractivity contribution >= 4 is 11.6 Å². The molecule has 1 N–H and O–H groups in total. The highest BCUT2D eigenvalue weighted by Gasteiger charge is 2.00. The molecule has 0 rings (SSSR count). The summed E-state index contributed by atoms with van der Waals surface area (Å²) in [7, 11) is 0. The fourth-order valence-electron chi connectivity index (χ4n) is 2.47. The Bertz CT molecular complexity index is 161. The van der Waals surface area contributed by atoms with E-state index in [9.17, 15) is 5.11 Å². The summed E-state index contributed by atoms with van der Waals surface area (Å²) in [4.78, 5) is 0. The van der Waals surface area contributed by atoms with Gasteiger partial charge in [0.05, 0.1) is 6.10 Å². The fraction of sp³-hybridized carbons (Fsp3) is 1.00. The molecular formula is C17H35ClO. The Hall–Kier alpha value is 0.250. The van der Waals surface area contributed by atoms with Crippen LogP contribution in [0.25, 0.3) is 0 Å². The summed E-state index contributed by atoms with van der Waals surface area (Å²) in [5.41, 5.74) is 0. The maximum absolute atomic E-state index is 9.30. The first-order chi connectivity index (χ1) is 9.31. The predicted octanol–water partition coefficient (Wildman–Crippen LogP) is 6.07. The maximum Gasteiger partial charge on any atom is 0.0675 e. The number of alkyl halides is 1. The van der Waals surface area contributed by atoms with Crippen molar-refractivity contribution in [1.29, 1.82) is 0 Å². The van der Waals surface area contributed by atoms with E-state index in [2.05, 4.69) is 6.92 Å². The second kappa shape index (κ2) is 16.3. The van der Waals surface area contributed by atoms with Crippen molar-refractivity contribution in [2.24, 2.45) is 0 Å². The molecule has 0 aliphatic heterocycles. The zero-order valence-electron chi connectivity index (χ0n) is 13.0. The second-order valence-electron chi connectivity index (χ2n) is 5.84. The Kier molecular flexibility index (Phi) is 16.5. The van der Waals surface area contributed by atoms with Crippen molar-refractivity contribution in [2.75, 3.05) is 5.88 Å². The van der Waals surface area contributed by atoms with E-state index in [0.29, 0.717) is 5.88 Å². The van der Waals surface area contributed by atoms with Crippen LogP contribution in [-0.2, 0) is 0 Å². The van der Waals surface area contributed by atoms with E-state index in [0.717, 1.165) is 12.8 Å². The Labute approximate surface area is 126 Å². The summed E-state index contributed by atoms with van der Waals surface area (Å²) in [6, 6.07) is 0. The molecule has 0 amide bonds. The van der Waals surface area contributed by atoms with Gasteiger partial charge < -0.3 is 5.11 Å². The van der Waals surface area contributed by atoms with Gasteiger partial charge in [0.1, 0.15) is 0 Å². The Morgan fingerprint density at radius 3 is 1.42 bits per heavy atom. The minimum atomic E-state index is -0.283. The van der Waals surface area contributed by atoms with Crippen LogP contribution in [0.4, 0.5) is 0 Å². The second-order valence-corrected chi connectivity index (χ2v) is 6.15. The number of rotatable bonds is 15. The quantitative estimate of drug-likeness (QED) is 0.287. The zero-order chi connectivity index (χ0) is 14.2. The van der Waals surface area contributed by atoms with E-state index in [1.807, 2.05) is 0 Å². The van der Waals surface area contributed by atoms with Crippen LogP contribution in [0.2, 0.25) is 0 Å². The van der Waals surface area contributed by atoms with Crippen LogP contribution in [-0.4, -0.2) is 17.1 Å². The third-order valence-corrected chi connectivity index (χ3v) is 4.18. The summed E-state index contributed by atoms with van der Waals surface area (Å²) in [6.07, 6.45) is 18.4. The van der Waals surface area contributed by atoms with Crippen molar-refractivity contribution in [3.05, 3.63) is 0 Å². The molecule has 0 aromatic heterocycles. The highest BCUT2D eigenvalue weighted by Crippen LogP contribution is 2.13. The molecule has 2 heteroatoms. The number of unbranched alkanes of at least 4 members (excludes halogenated alkanes) is 12. The van der Waals surface area contributed by atoms with Crippen LogP contribution in [0.15, 0.2) is 0 Å². The lowest BCUT2D eigenvalue weighted by Crippen LogP contribution is -2.07. The molecule has 0 spiro atoms. The third kappa shape index (κ3) is 16.2. The average Bonchev–Trinajstić information content (AvgIpc) is 2.43. The minimum absolute atomic E-state index is 0.283. The average molecular weight is 291 g/mol. The number of hydrogen-bond acceptors (Lipinski definition) is 1. The summed E-state index contributed by atoms with van der Waals surface area (Å²) < 4.78 is 0. The Morgan fingerprint density at radius 1 is 0.684 bits per heavy atom. The van der Waals surface area contributed by atoms with Gasteiger partial charge in [0.2, 0.25) is 0 Å². The van der Waals surface area contributed by atoms with Crippen molar-refractivity contribution in [2.45, 2.75) is 103 Å². The monoisotopic (exact) mass is 290 g/mol. The molecule has 0 aromatic rings. The van der Waals surface area contributed by atoms with Gasteiger partial charge in [0.15, 0.2) is 0 Å². The standard InChI is InChI=1S/C17H35ClO/c1-2-3-4-5-6-7-8-9-10-11-12-13-14-15-17(19)16-18/h17,19H,2-16H2,1H3. The minimum Gasteiger partial charge on any atom is -0.392 e. The molecular weight excluding hydrogens is 256 g/mol. The van der Waals surface area contributed by atoms with Crippen LogP contribution >= 0.6 is 11.6 Å². The van der Waals surface area contributed by atoms with Crippen LogP contribution in [0.3, 0.4) is 0 Å². The summed E-state index contributed by atoms with van der Waals surface area (Å²) in [6.45, 7) is 2.27. The smallest absolute Gasteiger partial charge is 0.0675 e. The van der Waals surface area contributed by atoms with E-state index >= 15 is 0 Å². The number of halogens is 1. The molecule has 0 aliphatic carbocycles. The van der Waals surface area contributed by atoms with E-state index in [4.69, 9.17) is 11.6 Å². The van der Waals surface area contributed by atoms with Gasteiger partial charge in [-0.2, -0.15) is 0 Å². The zero-order valence-corrected chi connectivity index (χ0v) is 13.8. The molecule has 0 aromatic carbocycles. The molecule has 0 aliphatic rings. The third-order valence-electron chi connectivity index (χ3n) is 3.82. The number of aliphatic hydroxyl groups is 1. The molecule has 19 heavy (non-hydrogen) atoms. The molecule has 0 radical (unpaired) electrons. The van der Waals surface area contributed by atoms with Crippen LogP contribution in [0, 0.1) is 0 Å². The van der Waals surface area contributed by atoms with Gasteiger partial charge in [-0.3, -0.25) is 0 Å². The number of aliphatic hydroxyl groups excluding tert-OH is 1. The van der Waals surface area contributed by atoms with Crippen molar-refractivity contribution < 1.29 is 5.11 Å². The van der Waals surface area contributed by atoms with Gasteiger partial charge in [0.25, 0.3) is 0 Å². The van der Waals surface area contributed by atoms with E-state index < -0.39 is 0 Å². The summed E-state index contributed by atoms with van der Waals surface area (Å²) in [5, 5.41) is 9.30. The SMILES string of the molecule is CCCCCCCCCCCCCCCC(O)CCl. The van der Waals surface area contributed by atoms with Gasteiger partial charge in [-0.1, -0.05) is 90.4 Å². The molecule has 1 atom stereocenters. The van der Waals surface area contributed by atoms with Crippen molar-refractivity contribution in [3.8, 4) is 0 Å². The van der Waals surface area contributed by atoms with Crippen LogP contribution < -0.4 is 0 Å². The van der Waals surface area contributed by atoms with E-state index in [-0.39, 0.29) is 6.10 Å². The lowest BCUT2D eigenvalue weighted by Gasteiger charge is -2.06. The van der Waals surface area contributed by atoms with Crippen molar-refractivity contribution in [3.63, 3.8) is 0 Å². The topological polar surface area (TPSA) is 20.2 Å². The van der Waals surface area contributed by atoms with Crippen LogP contribution in [0.1, 0.15) is 96.8 Å². The van der Waals surface area contributed by atoms with Gasteiger partial charge >= 0.3 is 0 Å². The molecule has 116 valence electrons. The molecule has 0 saturated heterocycles. The highest BCUT2D eigenvalue weighted by atomic mass is 35.5. The summed E-state index contributed by atoms with van der Waals surface area (Å²) >= 11 is 5.55. The van der Waals surface area contributed by atoms with Crippen molar-refractivity contribution in [1.82, 2.24) is 0 Å². The first-order valence-corrected chi connectivity index (χ1v) is 9.08. The lowest BCUT2D eigenvalue weighted by atomic mass is 10.0. The van der Waals surface area contributed by atoms with Gasteiger partial charge in [-0.05, 0) is 6.42 Å². The Balaban J connectivity index is 2.95. The summed E-state index contributed by atoms with van der Waals surface area (Å²) in [5.74, 6) is 0.387.